The lowest BCUT2D eigenvalue weighted by Gasteiger charge is -2.02. The van der Waals surface area contributed by atoms with Gasteiger partial charge in [0, 0.05) is 5.57 Å². The van der Waals surface area contributed by atoms with Gasteiger partial charge in [-0.2, -0.15) is 0 Å². The van der Waals surface area contributed by atoms with E-state index in [-0.39, 0.29) is 11.1 Å². The molecule has 0 aliphatic rings. The minimum atomic E-state index is -2.59. The van der Waals surface area contributed by atoms with E-state index in [2.05, 4.69) is 6.58 Å². The van der Waals surface area contributed by atoms with Crippen molar-refractivity contribution in [3.05, 3.63) is 42.2 Å². The third-order valence-corrected chi connectivity index (χ3v) is 1.48. The largest absolute Gasteiger partial charge is 0.263 e. The van der Waals surface area contributed by atoms with Crippen molar-refractivity contribution in [2.75, 3.05) is 0 Å². The molecule has 1 aromatic rings. The van der Waals surface area contributed by atoms with Crippen molar-refractivity contribution in [1.29, 1.82) is 0 Å². The van der Waals surface area contributed by atoms with Crippen LogP contribution < -0.4 is 0 Å². The molecule has 0 aliphatic heterocycles. The molecule has 0 nitrogen and oxygen atoms in total. The zero-order valence-electron chi connectivity index (χ0n) is 6.23. The van der Waals surface area contributed by atoms with E-state index in [0.29, 0.717) is 0 Å². The van der Waals surface area contributed by atoms with Gasteiger partial charge >= 0.3 is 0 Å². The number of hydrogen-bond acceptors (Lipinski definition) is 0. The van der Waals surface area contributed by atoms with Crippen LogP contribution in [0.4, 0.5) is 13.2 Å². The summed E-state index contributed by atoms with van der Waals surface area (Å²) in [5.74, 6) is -0.444. The van der Waals surface area contributed by atoms with E-state index < -0.39 is 12.2 Å². The number of benzene rings is 1. The maximum absolute atomic E-state index is 12.3. The normalized spacial score (nSPS) is 10.3. The number of rotatable bonds is 2. The second kappa shape index (κ2) is 3.43. The molecule has 0 saturated heterocycles. The number of alkyl halides is 2. The van der Waals surface area contributed by atoms with Gasteiger partial charge in [0.25, 0.3) is 6.43 Å². The quantitative estimate of drug-likeness (QED) is 0.643. The Hall–Kier alpha value is -1.25. The fourth-order valence-corrected chi connectivity index (χ4v) is 0.790. The van der Waals surface area contributed by atoms with Gasteiger partial charge in [-0.15, -0.1) is 0 Å². The van der Waals surface area contributed by atoms with Crippen LogP contribution in [0, 0.1) is 5.82 Å². The SMILES string of the molecule is C=C(c1ccc(F)cc1)C(F)F. The van der Waals surface area contributed by atoms with Gasteiger partial charge in [-0.1, -0.05) is 18.7 Å². The van der Waals surface area contributed by atoms with E-state index in [1.54, 1.807) is 0 Å². The molecule has 0 aliphatic carbocycles. The molecule has 1 rings (SSSR count). The third kappa shape index (κ3) is 1.87. The molecular formula is C9H7F3. The van der Waals surface area contributed by atoms with E-state index in [1.165, 1.54) is 12.1 Å². The molecule has 0 heterocycles. The predicted molar refractivity (Wildman–Crippen MR) is 41.4 cm³/mol. The first-order chi connectivity index (χ1) is 5.61. The van der Waals surface area contributed by atoms with Crippen molar-refractivity contribution < 1.29 is 13.2 Å². The molecule has 0 saturated carbocycles. The highest BCUT2D eigenvalue weighted by Crippen LogP contribution is 2.19. The Bertz CT molecular complexity index is 274. The predicted octanol–water partition coefficient (Wildman–Crippen LogP) is 3.10. The summed E-state index contributed by atoms with van der Waals surface area (Å²) in [5, 5.41) is 0. The van der Waals surface area contributed by atoms with E-state index in [9.17, 15) is 13.2 Å². The van der Waals surface area contributed by atoms with Crippen LogP contribution in [0.25, 0.3) is 5.57 Å². The zero-order chi connectivity index (χ0) is 9.14. The Labute approximate surface area is 68.3 Å². The molecule has 64 valence electrons. The molecule has 0 aromatic heterocycles. The third-order valence-electron chi connectivity index (χ3n) is 1.48. The molecule has 3 heteroatoms. The molecule has 0 amide bonds. The van der Waals surface area contributed by atoms with Crippen LogP contribution in [-0.4, -0.2) is 6.43 Å². The number of hydrogen-bond donors (Lipinski definition) is 0. The van der Waals surface area contributed by atoms with Crippen LogP contribution in [0.5, 0.6) is 0 Å². The Kier molecular flexibility index (Phi) is 2.53. The average molecular weight is 172 g/mol. The summed E-state index contributed by atoms with van der Waals surface area (Å²) in [6.07, 6.45) is -2.59. The van der Waals surface area contributed by atoms with E-state index in [1.807, 2.05) is 0 Å². The standard InChI is InChI=1S/C9H7F3/c1-6(9(11)12)7-2-4-8(10)5-3-7/h2-5,9H,1H2. The fourth-order valence-electron chi connectivity index (χ4n) is 0.790. The summed E-state index contributed by atoms with van der Waals surface area (Å²) >= 11 is 0. The number of allylic oxidation sites excluding steroid dienone is 1. The van der Waals surface area contributed by atoms with Crippen LogP contribution in [-0.2, 0) is 0 Å². The minimum absolute atomic E-state index is 0.270. The van der Waals surface area contributed by atoms with Crippen molar-refractivity contribution in [1.82, 2.24) is 0 Å². The van der Waals surface area contributed by atoms with Crippen molar-refractivity contribution in [2.24, 2.45) is 0 Å². The second-order valence-corrected chi connectivity index (χ2v) is 2.33. The fraction of sp³-hybridized carbons (Fsp3) is 0.111. The lowest BCUT2D eigenvalue weighted by Crippen LogP contribution is -1.93. The molecular weight excluding hydrogens is 165 g/mol. The van der Waals surface area contributed by atoms with Crippen molar-refractivity contribution >= 4 is 5.57 Å². The number of halogens is 3. The summed E-state index contributed by atoms with van der Waals surface area (Å²) < 4.78 is 36.4. The van der Waals surface area contributed by atoms with Crippen LogP contribution >= 0.6 is 0 Å². The summed E-state index contributed by atoms with van der Waals surface area (Å²) in [7, 11) is 0. The van der Waals surface area contributed by atoms with Gasteiger partial charge in [-0.25, -0.2) is 13.2 Å². The van der Waals surface area contributed by atoms with Crippen LogP contribution in [0.2, 0.25) is 0 Å². The molecule has 0 radical (unpaired) electrons. The lowest BCUT2D eigenvalue weighted by atomic mass is 10.1. The van der Waals surface area contributed by atoms with Crippen LogP contribution in [0.3, 0.4) is 0 Å². The molecule has 0 N–H and O–H groups in total. The van der Waals surface area contributed by atoms with E-state index >= 15 is 0 Å². The molecule has 0 bridgehead atoms. The maximum Gasteiger partial charge on any atom is 0.263 e. The highest BCUT2D eigenvalue weighted by molar-refractivity contribution is 5.65. The highest BCUT2D eigenvalue weighted by Gasteiger charge is 2.09. The maximum atomic E-state index is 12.3. The van der Waals surface area contributed by atoms with Crippen LogP contribution in [0.1, 0.15) is 5.56 Å². The second-order valence-electron chi connectivity index (χ2n) is 2.33. The van der Waals surface area contributed by atoms with Gasteiger partial charge in [-0.05, 0) is 17.7 Å². The molecule has 0 atom stereocenters. The zero-order valence-corrected chi connectivity index (χ0v) is 6.23. The first-order valence-corrected chi connectivity index (χ1v) is 3.34. The Morgan fingerprint density at radius 1 is 1.17 bits per heavy atom. The smallest absolute Gasteiger partial charge is 0.207 e. The monoisotopic (exact) mass is 172 g/mol. The van der Waals surface area contributed by atoms with Gasteiger partial charge < -0.3 is 0 Å². The van der Waals surface area contributed by atoms with Gasteiger partial charge in [0.15, 0.2) is 0 Å². The topological polar surface area (TPSA) is 0 Å². The minimum Gasteiger partial charge on any atom is -0.207 e. The highest BCUT2D eigenvalue weighted by atomic mass is 19.3. The van der Waals surface area contributed by atoms with Gasteiger partial charge in [-0.3, -0.25) is 0 Å². The summed E-state index contributed by atoms with van der Waals surface area (Å²) in [4.78, 5) is 0. The average Bonchev–Trinajstić information content (AvgIpc) is 2.04. The molecule has 0 spiro atoms. The van der Waals surface area contributed by atoms with E-state index in [0.717, 1.165) is 12.1 Å². The summed E-state index contributed by atoms with van der Waals surface area (Å²) in [6.45, 7) is 3.18. The molecule has 0 unspecified atom stereocenters. The van der Waals surface area contributed by atoms with Crippen LogP contribution in [0.15, 0.2) is 30.8 Å². The summed E-state index contributed by atoms with van der Waals surface area (Å²) in [5.41, 5.74) is -0.0126. The van der Waals surface area contributed by atoms with Gasteiger partial charge in [0.05, 0.1) is 0 Å². The first kappa shape index (κ1) is 8.84. The Balaban J connectivity index is 2.90. The van der Waals surface area contributed by atoms with Gasteiger partial charge in [0.1, 0.15) is 5.82 Å². The lowest BCUT2D eigenvalue weighted by molar-refractivity contribution is 0.215. The Morgan fingerprint density at radius 2 is 1.67 bits per heavy atom. The Morgan fingerprint density at radius 3 is 2.08 bits per heavy atom. The van der Waals surface area contributed by atoms with Crippen molar-refractivity contribution in [3.8, 4) is 0 Å². The van der Waals surface area contributed by atoms with Crippen molar-refractivity contribution in [2.45, 2.75) is 6.43 Å². The summed E-state index contributed by atoms with van der Waals surface area (Å²) in [6, 6.07) is 4.82. The molecule has 1 aromatic carbocycles. The van der Waals surface area contributed by atoms with E-state index in [4.69, 9.17) is 0 Å². The first-order valence-electron chi connectivity index (χ1n) is 3.34. The molecule has 12 heavy (non-hydrogen) atoms. The molecule has 0 fully saturated rings. The van der Waals surface area contributed by atoms with Crippen molar-refractivity contribution in [3.63, 3.8) is 0 Å². The van der Waals surface area contributed by atoms with Gasteiger partial charge in [0.2, 0.25) is 0 Å².